The van der Waals surface area contributed by atoms with Crippen molar-refractivity contribution >= 4 is 11.9 Å². The summed E-state index contributed by atoms with van der Waals surface area (Å²) in [5.74, 6) is -1.11. The summed E-state index contributed by atoms with van der Waals surface area (Å²) in [6.07, 6.45) is 7.35. The zero-order valence-electron chi connectivity index (χ0n) is 22.0. The highest BCUT2D eigenvalue weighted by molar-refractivity contribution is 5.86. The third kappa shape index (κ3) is 4.55. The summed E-state index contributed by atoms with van der Waals surface area (Å²) < 4.78 is 24.8. The molecular formula is C31H38NO6+. The molecule has 2 aromatic carbocycles. The molecule has 2 bridgehead atoms. The number of benzene rings is 2. The van der Waals surface area contributed by atoms with Gasteiger partial charge in [0.1, 0.15) is 6.10 Å². The highest BCUT2D eigenvalue weighted by atomic mass is 16.7. The minimum atomic E-state index is -1.55. The molecule has 0 aliphatic carbocycles. The number of ether oxygens (including phenoxy) is 4. The van der Waals surface area contributed by atoms with Crippen molar-refractivity contribution in [2.45, 2.75) is 68.7 Å². The van der Waals surface area contributed by atoms with E-state index >= 15 is 0 Å². The maximum absolute atomic E-state index is 14.3. The Morgan fingerprint density at radius 3 is 2.03 bits per heavy atom. The normalized spacial score (nSPS) is 27.9. The Kier molecular flexibility index (Phi) is 7.25. The minimum absolute atomic E-state index is 0.141. The van der Waals surface area contributed by atoms with Crippen LogP contribution in [0.1, 0.15) is 56.1 Å². The van der Waals surface area contributed by atoms with Crippen LogP contribution in [-0.2, 0) is 34.1 Å². The molecule has 4 fully saturated rings. The van der Waals surface area contributed by atoms with Crippen molar-refractivity contribution in [3.63, 3.8) is 0 Å². The van der Waals surface area contributed by atoms with Crippen LogP contribution < -0.4 is 0 Å². The molecule has 1 spiro atoms. The van der Waals surface area contributed by atoms with Crippen LogP contribution in [0.5, 0.6) is 0 Å². The van der Waals surface area contributed by atoms with E-state index in [-0.39, 0.29) is 24.8 Å². The fraction of sp³-hybridized carbons (Fsp3) is 0.548. The van der Waals surface area contributed by atoms with Gasteiger partial charge in [0.15, 0.2) is 6.79 Å². The maximum atomic E-state index is 14.3. The van der Waals surface area contributed by atoms with Crippen molar-refractivity contribution in [3.8, 4) is 0 Å². The fourth-order valence-electron chi connectivity index (χ4n) is 7.53. The molecule has 4 saturated heterocycles. The lowest BCUT2D eigenvalue weighted by Gasteiger charge is -2.47. The quantitative estimate of drug-likeness (QED) is 0.293. The Labute approximate surface area is 224 Å². The molecule has 38 heavy (non-hydrogen) atoms. The Balaban J connectivity index is 1.26. The van der Waals surface area contributed by atoms with Crippen LogP contribution in [0.2, 0.25) is 0 Å². The molecule has 2 aromatic rings. The second-order valence-corrected chi connectivity index (χ2v) is 11.3. The summed E-state index contributed by atoms with van der Waals surface area (Å²) in [5, 5.41) is 0. The number of quaternary nitrogens is 1. The Bertz CT molecular complexity index is 1050. The predicted octanol–water partition coefficient (Wildman–Crippen LogP) is 4.33. The Morgan fingerprint density at radius 1 is 0.868 bits per heavy atom. The molecule has 3 unspecified atom stereocenters. The second-order valence-electron chi connectivity index (χ2n) is 11.3. The molecule has 0 saturated carbocycles. The van der Waals surface area contributed by atoms with E-state index in [0.29, 0.717) is 42.8 Å². The van der Waals surface area contributed by atoms with Crippen molar-refractivity contribution in [1.29, 1.82) is 0 Å². The first kappa shape index (κ1) is 25.5. The van der Waals surface area contributed by atoms with E-state index in [1.54, 1.807) is 0 Å². The first-order chi connectivity index (χ1) is 18.6. The molecule has 4 aliphatic rings. The highest BCUT2D eigenvalue weighted by Gasteiger charge is 2.57. The van der Waals surface area contributed by atoms with Gasteiger partial charge in [-0.1, -0.05) is 60.7 Å². The summed E-state index contributed by atoms with van der Waals surface area (Å²) >= 11 is 0. The third-order valence-electron chi connectivity index (χ3n) is 9.42. The van der Waals surface area contributed by atoms with E-state index in [1.165, 1.54) is 43.3 Å². The van der Waals surface area contributed by atoms with E-state index in [2.05, 4.69) is 0 Å². The molecule has 7 nitrogen and oxygen atoms in total. The average Bonchev–Trinajstić information content (AvgIpc) is 3.70. The van der Waals surface area contributed by atoms with Crippen LogP contribution in [0.25, 0.3) is 0 Å². The number of esters is 2. The Hall–Kier alpha value is -2.74. The van der Waals surface area contributed by atoms with Crippen molar-refractivity contribution < 1.29 is 33.0 Å². The number of hydrogen-bond acceptors (Lipinski definition) is 6. The van der Waals surface area contributed by atoms with Gasteiger partial charge in [-0.3, -0.25) is 4.79 Å². The smallest absolute Gasteiger partial charge is 0.348 e. The monoisotopic (exact) mass is 520 g/mol. The van der Waals surface area contributed by atoms with Crippen molar-refractivity contribution in [2.75, 3.05) is 33.1 Å². The molecule has 0 radical (unpaired) electrons. The van der Waals surface area contributed by atoms with Gasteiger partial charge in [0.2, 0.25) is 5.60 Å². The van der Waals surface area contributed by atoms with E-state index < -0.39 is 11.6 Å². The first-order valence-electron chi connectivity index (χ1n) is 14.2. The van der Waals surface area contributed by atoms with Gasteiger partial charge in [0, 0.05) is 45.1 Å². The van der Waals surface area contributed by atoms with Gasteiger partial charge in [0.05, 0.1) is 37.7 Å². The average molecular weight is 521 g/mol. The van der Waals surface area contributed by atoms with E-state index in [0.717, 1.165) is 12.8 Å². The summed E-state index contributed by atoms with van der Waals surface area (Å²) in [6.45, 7) is 3.09. The number of piperidine rings is 1. The maximum Gasteiger partial charge on any atom is 0.348 e. The molecule has 4 aliphatic heterocycles. The summed E-state index contributed by atoms with van der Waals surface area (Å²) in [4.78, 5) is 26.9. The number of hydrogen-bond donors (Lipinski definition) is 0. The van der Waals surface area contributed by atoms with Crippen LogP contribution in [0.15, 0.2) is 60.7 Å². The third-order valence-corrected chi connectivity index (χ3v) is 9.42. The summed E-state index contributed by atoms with van der Waals surface area (Å²) in [7, 11) is 0. The van der Waals surface area contributed by atoms with Crippen molar-refractivity contribution in [3.05, 3.63) is 71.8 Å². The van der Waals surface area contributed by atoms with Crippen LogP contribution in [0.3, 0.4) is 0 Å². The van der Waals surface area contributed by atoms with Crippen molar-refractivity contribution in [1.82, 2.24) is 0 Å². The van der Waals surface area contributed by atoms with Gasteiger partial charge in [-0.2, -0.15) is 0 Å². The van der Waals surface area contributed by atoms with E-state index in [4.69, 9.17) is 18.9 Å². The van der Waals surface area contributed by atoms with Gasteiger partial charge >= 0.3 is 11.9 Å². The zero-order chi connectivity index (χ0) is 26.0. The van der Waals surface area contributed by atoms with Gasteiger partial charge in [0.25, 0.3) is 0 Å². The van der Waals surface area contributed by atoms with Gasteiger partial charge in [-0.05, 0) is 17.5 Å². The summed E-state index contributed by atoms with van der Waals surface area (Å²) in [5.41, 5.74) is -0.248. The SMILES string of the molecule is O=C(OCOC(C(=O)OC1CC2CCC(C1)[N+]21CCCC1)(c1ccccc1)c1ccccc1)C1CCOC1. The standard InChI is InChI=1S/C31H38NO6/c33-29(23-15-18-35-21-23)36-22-37-31(24-9-3-1-4-10-24,25-11-5-2-6-12-25)30(34)38-28-19-26-13-14-27(20-28)32(26)16-7-8-17-32/h1-6,9-12,23,26-28H,7-8,13-22H2/q+1. The van der Waals surface area contributed by atoms with Crippen LogP contribution >= 0.6 is 0 Å². The lowest BCUT2D eigenvalue weighted by Crippen LogP contribution is -2.60. The lowest BCUT2D eigenvalue weighted by atomic mass is 9.85. The lowest BCUT2D eigenvalue weighted by molar-refractivity contribution is -0.956. The first-order valence-corrected chi connectivity index (χ1v) is 14.2. The van der Waals surface area contributed by atoms with Crippen molar-refractivity contribution in [2.24, 2.45) is 5.92 Å². The molecule has 202 valence electrons. The molecule has 6 rings (SSSR count). The molecule has 0 N–H and O–H groups in total. The highest BCUT2D eigenvalue weighted by Crippen LogP contribution is 2.47. The molecule has 0 aromatic heterocycles. The van der Waals surface area contributed by atoms with Crippen LogP contribution in [0, 0.1) is 5.92 Å². The fourth-order valence-corrected chi connectivity index (χ4v) is 7.53. The van der Waals surface area contributed by atoms with Crippen LogP contribution in [0.4, 0.5) is 0 Å². The number of carbonyl (C=O) groups is 2. The van der Waals surface area contributed by atoms with Gasteiger partial charge in [-0.15, -0.1) is 0 Å². The number of carbonyl (C=O) groups excluding carboxylic acids is 2. The molecular weight excluding hydrogens is 482 g/mol. The van der Waals surface area contributed by atoms with Gasteiger partial charge < -0.3 is 23.4 Å². The zero-order valence-corrected chi connectivity index (χ0v) is 22.0. The molecule has 0 amide bonds. The van der Waals surface area contributed by atoms with Gasteiger partial charge in [-0.25, -0.2) is 4.79 Å². The minimum Gasteiger partial charge on any atom is -0.459 e. The summed E-state index contributed by atoms with van der Waals surface area (Å²) in [6, 6.07) is 20.0. The largest absolute Gasteiger partial charge is 0.459 e. The van der Waals surface area contributed by atoms with E-state index in [1.807, 2.05) is 60.7 Å². The number of rotatable bonds is 8. The number of nitrogens with zero attached hydrogens (tertiary/aromatic N) is 1. The van der Waals surface area contributed by atoms with Crippen LogP contribution in [-0.4, -0.2) is 67.7 Å². The molecule has 4 heterocycles. The topological polar surface area (TPSA) is 71.1 Å². The predicted molar refractivity (Wildman–Crippen MR) is 140 cm³/mol. The van der Waals surface area contributed by atoms with E-state index in [9.17, 15) is 9.59 Å². The molecule has 7 heteroatoms. The molecule has 3 atom stereocenters. The Morgan fingerprint density at radius 2 is 1.47 bits per heavy atom. The second kappa shape index (κ2) is 10.8.